The van der Waals surface area contributed by atoms with Gasteiger partial charge in [-0.1, -0.05) is 35.4 Å². The van der Waals surface area contributed by atoms with Crippen molar-refractivity contribution in [2.24, 2.45) is 0 Å². The van der Waals surface area contributed by atoms with Crippen LogP contribution in [0.3, 0.4) is 0 Å². The lowest BCUT2D eigenvalue weighted by molar-refractivity contribution is -0.137. The van der Waals surface area contributed by atoms with Crippen LogP contribution < -0.4 is 5.32 Å². The highest BCUT2D eigenvalue weighted by Gasteiger charge is 2.29. The molecule has 26 heavy (non-hydrogen) atoms. The normalized spacial score (nSPS) is 11.5. The number of hydrogen-bond acceptors (Lipinski definition) is 5. The Balaban J connectivity index is 1.82. The van der Waals surface area contributed by atoms with Gasteiger partial charge in [0.15, 0.2) is 0 Å². The maximum Gasteiger partial charge on any atom is 0.416 e. The summed E-state index contributed by atoms with van der Waals surface area (Å²) in [5.74, 6) is 0.299. The number of rotatable bonds is 6. The van der Waals surface area contributed by atoms with E-state index in [2.05, 4.69) is 15.5 Å². The molecule has 3 rings (SSSR count). The first-order valence-electron chi connectivity index (χ1n) is 7.90. The average molecular weight is 363 g/mol. The quantitative estimate of drug-likeness (QED) is 0.698. The van der Waals surface area contributed by atoms with E-state index < -0.39 is 11.7 Å². The van der Waals surface area contributed by atoms with Crippen LogP contribution in [0.2, 0.25) is 0 Å². The molecule has 0 amide bonds. The summed E-state index contributed by atoms with van der Waals surface area (Å²) in [7, 11) is 0. The third-order valence-corrected chi connectivity index (χ3v) is 3.74. The predicted molar refractivity (Wildman–Crippen MR) is 89.6 cm³/mol. The van der Waals surface area contributed by atoms with Gasteiger partial charge in [0.05, 0.1) is 12.2 Å². The first kappa shape index (κ1) is 17.9. The van der Waals surface area contributed by atoms with Gasteiger partial charge in [-0.05, 0) is 35.7 Å². The second-order valence-electron chi connectivity index (χ2n) is 5.59. The molecule has 2 N–H and O–H groups in total. The topological polar surface area (TPSA) is 71.2 Å². The second kappa shape index (κ2) is 7.57. The summed E-state index contributed by atoms with van der Waals surface area (Å²) in [5, 5.41) is 19.4. The molecule has 0 unspecified atom stereocenters. The van der Waals surface area contributed by atoms with Crippen LogP contribution in [0.25, 0.3) is 11.5 Å². The minimum absolute atomic E-state index is 0.0672. The fraction of sp³-hybridized carbons (Fsp3) is 0.222. The van der Waals surface area contributed by atoms with Gasteiger partial charge in [-0.3, -0.25) is 0 Å². The monoisotopic (exact) mass is 363 g/mol. The lowest BCUT2D eigenvalue weighted by atomic mass is 9.99. The van der Waals surface area contributed by atoms with Gasteiger partial charge in [-0.15, -0.1) is 5.10 Å². The summed E-state index contributed by atoms with van der Waals surface area (Å²) in [6.07, 6.45) is -3.92. The van der Waals surface area contributed by atoms with Crippen LogP contribution in [-0.4, -0.2) is 28.5 Å². The Hall–Kier alpha value is -2.87. The van der Waals surface area contributed by atoms with Crippen LogP contribution >= 0.6 is 0 Å². The Morgan fingerprint density at radius 3 is 2.42 bits per heavy atom. The van der Waals surface area contributed by atoms with E-state index >= 15 is 0 Å². The largest absolute Gasteiger partial charge is 0.416 e. The van der Waals surface area contributed by atoms with Gasteiger partial charge < -0.3 is 14.8 Å². The number of anilines is 1. The van der Waals surface area contributed by atoms with E-state index in [-0.39, 0.29) is 19.2 Å². The van der Waals surface area contributed by atoms with Crippen molar-refractivity contribution in [3.8, 4) is 11.5 Å². The molecule has 0 aliphatic carbocycles. The van der Waals surface area contributed by atoms with E-state index in [4.69, 9.17) is 9.52 Å². The number of aliphatic hydroxyl groups excluding tert-OH is 1. The number of aromatic nitrogens is 2. The van der Waals surface area contributed by atoms with E-state index in [0.717, 1.165) is 23.3 Å². The zero-order chi connectivity index (χ0) is 18.6. The average Bonchev–Trinajstić information content (AvgIpc) is 3.09. The summed E-state index contributed by atoms with van der Waals surface area (Å²) < 4.78 is 43.5. The van der Waals surface area contributed by atoms with E-state index in [0.29, 0.717) is 17.9 Å². The van der Waals surface area contributed by atoms with Crippen LogP contribution in [0.4, 0.5) is 19.2 Å². The van der Waals surface area contributed by atoms with Crippen molar-refractivity contribution in [1.82, 2.24) is 10.2 Å². The summed E-state index contributed by atoms with van der Waals surface area (Å²) in [6, 6.07) is 12.6. The number of benzene rings is 2. The number of alkyl halides is 3. The van der Waals surface area contributed by atoms with Crippen molar-refractivity contribution in [3.05, 3.63) is 65.2 Å². The van der Waals surface area contributed by atoms with E-state index in [9.17, 15) is 13.2 Å². The minimum atomic E-state index is -4.35. The molecule has 2 aromatic carbocycles. The van der Waals surface area contributed by atoms with Crippen molar-refractivity contribution in [1.29, 1.82) is 0 Å². The predicted octanol–water partition coefficient (Wildman–Crippen LogP) is 3.75. The van der Waals surface area contributed by atoms with Crippen LogP contribution in [-0.2, 0) is 12.6 Å². The van der Waals surface area contributed by atoms with Crippen molar-refractivity contribution in [3.63, 3.8) is 0 Å². The molecular weight excluding hydrogens is 347 g/mol. The Bertz CT molecular complexity index is 861. The van der Waals surface area contributed by atoms with Crippen molar-refractivity contribution in [2.45, 2.75) is 12.6 Å². The molecule has 8 heteroatoms. The Kier molecular flexibility index (Phi) is 5.22. The van der Waals surface area contributed by atoms with Crippen molar-refractivity contribution >= 4 is 6.01 Å². The van der Waals surface area contributed by atoms with Crippen LogP contribution in [0.15, 0.2) is 52.9 Å². The second-order valence-corrected chi connectivity index (χ2v) is 5.59. The minimum Gasteiger partial charge on any atom is -0.403 e. The Labute approximate surface area is 147 Å². The highest BCUT2D eigenvalue weighted by Crippen LogP contribution is 2.30. The van der Waals surface area contributed by atoms with Gasteiger partial charge in [0.25, 0.3) is 0 Å². The molecule has 1 heterocycles. The zero-order valence-corrected chi connectivity index (χ0v) is 13.6. The third kappa shape index (κ3) is 4.20. The lowest BCUT2D eigenvalue weighted by Gasteiger charge is -2.09. The van der Waals surface area contributed by atoms with Gasteiger partial charge in [-0.25, -0.2) is 0 Å². The first-order chi connectivity index (χ1) is 12.5. The Morgan fingerprint density at radius 2 is 1.73 bits per heavy atom. The summed E-state index contributed by atoms with van der Waals surface area (Å²) in [4.78, 5) is 0. The number of nitrogens with one attached hydrogen (secondary N) is 1. The standard InChI is InChI=1S/C18H16F3N3O2/c19-18(20,21)14-7-5-12(6-8-14)11-13-3-1-2-4-15(13)16-23-24-17(26-16)22-9-10-25/h1-8,25H,9-11H2,(H,22,24). The molecule has 0 aliphatic rings. The van der Waals surface area contributed by atoms with Gasteiger partial charge in [0, 0.05) is 12.1 Å². The summed E-state index contributed by atoms with van der Waals surface area (Å²) in [5.41, 5.74) is 1.62. The first-order valence-corrected chi connectivity index (χ1v) is 7.90. The molecule has 0 fully saturated rings. The number of nitrogens with zero attached hydrogens (tertiary/aromatic N) is 2. The fourth-order valence-corrected chi connectivity index (χ4v) is 2.48. The SMILES string of the molecule is OCCNc1nnc(-c2ccccc2Cc2ccc(C(F)(F)F)cc2)o1. The molecular formula is C18H16F3N3O2. The number of aliphatic hydroxyl groups is 1. The highest BCUT2D eigenvalue weighted by atomic mass is 19.4. The van der Waals surface area contributed by atoms with Crippen molar-refractivity contribution in [2.75, 3.05) is 18.5 Å². The summed E-state index contributed by atoms with van der Waals surface area (Å²) in [6.45, 7) is 0.219. The number of halogens is 3. The van der Waals surface area contributed by atoms with Crippen LogP contribution in [0, 0.1) is 0 Å². The molecule has 1 aromatic heterocycles. The van der Waals surface area contributed by atoms with Gasteiger partial charge >= 0.3 is 12.2 Å². The molecule has 0 atom stereocenters. The van der Waals surface area contributed by atoms with Gasteiger partial charge in [-0.2, -0.15) is 13.2 Å². The molecule has 5 nitrogen and oxygen atoms in total. The molecule has 0 radical (unpaired) electrons. The molecule has 3 aromatic rings. The maximum absolute atomic E-state index is 12.7. The maximum atomic E-state index is 12.7. The Morgan fingerprint density at radius 1 is 1.00 bits per heavy atom. The summed E-state index contributed by atoms with van der Waals surface area (Å²) >= 11 is 0. The molecule has 136 valence electrons. The van der Waals surface area contributed by atoms with Gasteiger partial charge in [0.2, 0.25) is 5.89 Å². The molecule has 0 saturated carbocycles. The molecule has 0 spiro atoms. The van der Waals surface area contributed by atoms with Gasteiger partial charge in [0.1, 0.15) is 0 Å². The van der Waals surface area contributed by atoms with E-state index in [1.807, 2.05) is 24.3 Å². The zero-order valence-electron chi connectivity index (χ0n) is 13.6. The van der Waals surface area contributed by atoms with Crippen LogP contribution in [0.5, 0.6) is 0 Å². The van der Waals surface area contributed by atoms with Crippen LogP contribution in [0.1, 0.15) is 16.7 Å². The van der Waals surface area contributed by atoms with E-state index in [1.165, 1.54) is 12.1 Å². The third-order valence-electron chi connectivity index (χ3n) is 3.74. The smallest absolute Gasteiger partial charge is 0.403 e. The molecule has 0 aliphatic heterocycles. The lowest BCUT2D eigenvalue weighted by Crippen LogP contribution is -2.05. The molecule has 0 bridgehead atoms. The fourth-order valence-electron chi connectivity index (χ4n) is 2.48. The van der Waals surface area contributed by atoms with E-state index in [1.54, 1.807) is 0 Å². The van der Waals surface area contributed by atoms with Crippen molar-refractivity contribution < 1.29 is 22.7 Å². The number of hydrogen-bond donors (Lipinski definition) is 2. The highest BCUT2D eigenvalue weighted by molar-refractivity contribution is 5.60. The molecule has 0 saturated heterocycles.